The molecule has 394 valence electrons. The van der Waals surface area contributed by atoms with E-state index in [0.717, 1.165) is 70.8 Å². The molecule has 0 aliphatic carbocycles. The number of nitrogens with one attached hydrogen (secondary N) is 4. The van der Waals surface area contributed by atoms with E-state index in [2.05, 4.69) is 123 Å². The molecule has 18 heteroatoms. The maximum atomic E-state index is 13.1. The summed E-state index contributed by atoms with van der Waals surface area (Å²) < 4.78 is 4.26. The standard InChI is InChI=1S/C32H28BrN5O2S.C29H25N7OS/c1-20-12-22(3)28(13-21(20)2)29-16-30(38(37-29)26-9-5-4-6-10-26)36-31(39)19-41-27-11-7-8-25(15-27)35-32(40)23-14-24(33)18-34-17-23;1-17-13-19(3)22(14-18(17)2)24-15-25(36(35-24)20-9-5-4-6-10-20)31-26(37)16-38-29-32-28-27(33-34-29)21-11-7-8-12-23(21)30-28/h4-18H,19H2,1-3H3,(H,35,40)(H,36,39);4-15H,16H2,1-3H3,(H,31,37)(H,30,32,34). The number of carbonyl (C=O) groups excluding carboxylic acids is 3. The summed E-state index contributed by atoms with van der Waals surface area (Å²) in [6, 6.07) is 48.9. The van der Waals surface area contributed by atoms with Crippen molar-refractivity contribution < 1.29 is 14.4 Å². The maximum Gasteiger partial charge on any atom is 0.257 e. The fourth-order valence-electron chi connectivity index (χ4n) is 8.82. The van der Waals surface area contributed by atoms with Crippen molar-refractivity contribution in [1.82, 2.24) is 44.7 Å². The van der Waals surface area contributed by atoms with Gasteiger partial charge < -0.3 is 20.9 Å². The molecule has 0 fully saturated rings. The van der Waals surface area contributed by atoms with Crippen LogP contribution in [0.3, 0.4) is 0 Å². The number of hydrogen-bond donors (Lipinski definition) is 4. The summed E-state index contributed by atoms with van der Waals surface area (Å²) in [4.78, 5) is 51.5. The van der Waals surface area contributed by atoms with E-state index < -0.39 is 0 Å². The van der Waals surface area contributed by atoms with Gasteiger partial charge in [0.15, 0.2) is 5.65 Å². The molecule has 0 atom stereocenters. The van der Waals surface area contributed by atoms with Crippen LogP contribution in [0.1, 0.15) is 43.7 Å². The molecule has 0 aliphatic heterocycles. The van der Waals surface area contributed by atoms with E-state index in [1.54, 1.807) is 21.6 Å². The molecule has 0 aliphatic rings. The Morgan fingerprint density at radius 1 is 0.557 bits per heavy atom. The first-order valence-corrected chi connectivity index (χ1v) is 27.9. The molecule has 79 heavy (non-hydrogen) atoms. The minimum absolute atomic E-state index is 0.130. The Morgan fingerprint density at radius 3 is 1.71 bits per heavy atom. The second kappa shape index (κ2) is 23.9. The Balaban J connectivity index is 0.000000179. The zero-order chi connectivity index (χ0) is 55.2. The van der Waals surface area contributed by atoms with E-state index in [9.17, 15) is 14.4 Å². The Labute approximate surface area is 473 Å². The number of aromatic nitrogens is 9. The van der Waals surface area contributed by atoms with Gasteiger partial charge in [0.05, 0.1) is 39.8 Å². The molecular formula is C61H53BrN12O3S2. The second-order valence-electron chi connectivity index (χ2n) is 18.8. The van der Waals surface area contributed by atoms with Gasteiger partial charge in [-0.15, -0.1) is 22.0 Å². The van der Waals surface area contributed by atoms with E-state index >= 15 is 0 Å². The zero-order valence-electron chi connectivity index (χ0n) is 44.0. The van der Waals surface area contributed by atoms with Gasteiger partial charge in [0.2, 0.25) is 17.0 Å². The minimum Gasteiger partial charge on any atom is -0.338 e. The quantitative estimate of drug-likeness (QED) is 0.0758. The molecule has 0 radical (unpaired) electrons. The van der Waals surface area contributed by atoms with Crippen LogP contribution in [0.25, 0.3) is 56.0 Å². The Hall–Kier alpha value is -8.71. The Bertz CT molecular complexity index is 4070. The number of amides is 3. The van der Waals surface area contributed by atoms with E-state index in [1.807, 2.05) is 121 Å². The molecule has 0 spiro atoms. The van der Waals surface area contributed by atoms with Crippen LogP contribution in [-0.4, -0.2) is 73.9 Å². The highest BCUT2D eigenvalue weighted by atomic mass is 79.9. The van der Waals surface area contributed by atoms with E-state index in [0.29, 0.717) is 33.7 Å². The van der Waals surface area contributed by atoms with E-state index in [-0.39, 0.29) is 29.2 Å². The van der Waals surface area contributed by atoms with Gasteiger partial charge in [-0.3, -0.25) is 19.4 Å². The summed E-state index contributed by atoms with van der Waals surface area (Å²) >= 11 is 5.96. The van der Waals surface area contributed by atoms with Crippen LogP contribution in [0.15, 0.2) is 179 Å². The highest BCUT2D eigenvalue weighted by Crippen LogP contribution is 2.32. The Morgan fingerprint density at radius 2 is 1.11 bits per heavy atom. The van der Waals surface area contributed by atoms with E-state index in [4.69, 9.17) is 10.2 Å². The van der Waals surface area contributed by atoms with Crippen molar-refractivity contribution in [3.63, 3.8) is 0 Å². The highest BCUT2D eigenvalue weighted by Gasteiger charge is 2.19. The second-order valence-corrected chi connectivity index (χ2v) is 21.7. The van der Waals surface area contributed by atoms with Crippen LogP contribution in [0.5, 0.6) is 0 Å². The summed E-state index contributed by atoms with van der Waals surface area (Å²) in [6.07, 6.45) is 3.13. The molecule has 0 bridgehead atoms. The number of nitrogens with zero attached hydrogens (tertiary/aromatic N) is 8. The number of rotatable bonds is 14. The lowest BCUT2D eigenvalue weighted by molar-refractivity contribution is -0.114. The summed E-state index contributed by atoms with van der Waals surface area (Å²) in [5.74, 6) is 0.900. The molecule has 5 heterocycles. The van der Waals surface area contributed by atoms with Crippen molar-refractivity contribution in [3.05, 3.63) is 207 Å². The number of benzene rings is 6. The van der Waals surface area contributed by atoms with Crippen molar-refractivity contribution in [2.24, 2.45) is 0 Å². The number of aromatic amines is 1. The van der Waals surface area contributed by atoms with Gasteiger partial charge in [0.1, 0.15) is 17.2 Å². The fraction of sp³-hybridized carbons (Fsp3) is 0.131. The topological polar surface area (TPSA) is 190 Å². The van der Waals surface area contributed by atoms with Crippen LogP contribution in [0.4, 0.5) is 17.3 Å². The summed E-state index contributed by atoms with van der Waals surface area (Å²) in [5, 5.41) is 28.7. The molecule has 0 unspecified atom stereocenters. The number of halogens is 1. The number of anilines is 3. The highest BCUT2D eigenvalue weighted by molar-refractivity contribution is 9.10. The predicted octanol–water partition coefficient (Wildman–Crippen LogP) is 13.6. The number of para-hydroxylation sites is 3. The average Bonchev–Trinajstić information content (AvgIpc) is 4.33. The first kappa shape index (κ1) is 53.7. The number of thioether (sulfide) groups is 2. The smallest absolute Gasteiger partial charge is 0.257 e. The number of aryl methyl sites for hydroxylation is 6. The molecule has 11 aromatic rings. The van der Waals surface area contributed by atoms with Gasteiger partial charge in [-0.05, 0) is 158 Å². The van der Waals surface area contributed by atoms with Gasteiger partial charge in [-0.25, -0.2) is 14.3 Å². The number of pyridine rings is 1. The lowest BCUT2D eigenvalue weighted by Crippen LogP contribution is -2.17. The number of hydrogen-bond acceptors (Lipinski definition) is 11. The third-order valence-corrected chi connectivity index (χ3v) is 15.3. The van der Waals surface area contributed by atoms with Crippen LogP contribution >= 0.6 is 39.5 Å². The van der Waals surface area contributed by atoms with E-state index in [1.165, 1.54) is 52.0 Å². The fourth-order valence-corrected chi connectivity index (χ4v) is 10.5. The summed E-state index contributed by atoms with van der Waals surface area (Å²) in [5.41, 5.74) is 15.9. The molecule has 6 aromatic carbocycles. The average molecular weight is 1150 g/mol. The first-order valence-electron chi connectivity index (χ1n) is 25.2. The Kier molecular flexibility index (Phi) is 16.2. The van der Waals surface area contributed by atoms with Crippen LogP contribution in [0, 0.1) is 41.5 Å². The minimum atomic E-state index is -0.261. The molecular weight excluding hydrogens is 1090 g/mol. The SMILES string of the molecule is Cc1cc(C)c(-c2cc(NC(=O)CSc3cccc(NC(=O)c4cncc(Br)c4)c3)n(-c3ccccc3)n2)cc1C.Cc1cc(C)c(-c2cc(NC(=O)CSc3nnc4c(n3)[nH]c3ccccc34)n(-c3ccccc3)n2)cc1C. The normalized spacial score (nSPS) is 11.1. The molecule has 11 rings (SSSR count). The molecule has 0 saturated carbocycles. The van der Waals surface area contributed by atoms with Crippen molar-refractivity contribution in [2.75, 3.05) is 27.5 Å². The van der Waals surface area contributed by atoms with Gasteiger partial charge in [0.25, 0.3) is 5.91 Å². The zero-order valence-corrected chi connectivity index (χ0v) is 47.2. The predicted molar refractivity (Wildman–Crippen MR) is 321 cm³/mol. The van der Waals surface area contributed by atoms with Crippen molar-refractivity contribution in [2.45, 2.75) is 51.6 Å². The van der Waals surface area contributed by atoms with Gasteiger partial charge in [0, 0.05) is 61.6 Å². The molecule has 0 saturated heterocycles. The lowest BCUT2D eigenvalue weighted by Gasteiger charge is -2.10. The number of carbonyl (C=O) groups is 3. The largest absolute Gasteiger partial charge is 0.338 e. The monoisotopic (exact) mass is 1140 g/mol. The first-order chi connectivity index (χ1) is 38.2. The third kappa shape index (κ3) is 12.7. The molecule has 15 nitrogen and oxygen atoms in total. The summed E-state index contributed by atoms with van der Waals surface area (Å²) in [6.45, 7) is 12.5. The summed E-state index contributed by atoms with van der Waals surface area (Å²) in [7, 11) is 0. The van der Waals surface area contributed by atoms with Crippen molar-refractivity contribution in [3.8, 4) is 33.9 Å². The van der Waals surface area contributed by atoms with Crippen LogP contribution in [0.2, 0.25) is 0 Å². The van der Waals surface area contributed by atoms with Crippen molar-refractivity contribution in [1.29, 1.82) is 0 Å². The third-order valence-electron chi connectivity index (χ3n) is 13.1. The van der Waals surface area contributed by atoms with Crippen LogP contribution < -0.4 is 16.0 Å². The number of fused-ring (bicyclic) bond motifs is 3. The van der Waals surface area contributed by atoms with Crippen molar-refractivity contribution >= 4 is 96.6 Å². The van der Waals surface area contributed by atoms with Gasteiger partial charge >= 0.3 is 0 Å². The molecule has 4 N–H and O–H groups in total. The van der Waals surface area contributed by atoms with Crippen LogP contribution in [-0.2, 0) is 9.59 Å². The van der Waals surface area contributed by atoms with Gasteiger partial charge in [-0.1, -0.05) is 84.6 Å². The molecule has 3 amide bonds. The maximum absolute atomic E-state index is 13.1. The molecule has 5 aromatic heterocycles. The van der Waals surface area contributed by atoms with Gasteiger partial charge in [-0.2, -0.15) is 10.2 Å². The lowest BCUT2D eigenvalue weighted by atomic mass is 9.99. The number of H-pyrrole nitrogens is 1.